The minimum Gasteiger partial charge on any atom is -0.396 e. The number of hydrogen-bond acceptors (Lipinski definition) is 1. The molecule has 2 aromatic carbocycles. The number of aliphatic hydroxyl groups is 1. The fraction of sp³-hybridized carbons (Fsp3) is 0.368. The highest BCUT2D eigenvalue weighted by atomic mass is 19.2. The van der Waals surface area contributed by atoms with E-state index in [-0.39, 0.29) is 6.61 Å². The molecule has 0 bridgehead atoms. The number of aryl methyl sites for hydroxylation is 1. The first-order valence-corrected chi connectivity index (χ1v) is 7.79. The summed E-state index contributed by atoms with van der Waals surface area (Å²) in [6.45, 7) is 2.35. The van der Waals surface area contributed by atoms with E-state index in [9.17, 15) is 13.9 Å². The number of aliphatic hydroxyl groups excluding tert-OH is 1. The second-order valence-corrected chi connectivity index (χ2v) is 5.67. The molecule has 0 aliphatic heterocycles. The van der Waals surface area contributed by atoms with Gasteiger partial charge in [-0.2, -0.15) is 0 Å². The molecule has 0 fully saturated rings. The maximum atomic E-state index is 13.3. The second-order valence-electron chi connectivity index (χ2n) is 5.67. The quantitative estimate of drug-likeness (QED) is 0.765. The third-order valence-corrected chi connectivity index (χ3v) is 4.12. The van der Waals surface area contributed by atoms with Crippen LogP contribution in [0.4, 0.5) is 8.78 Å². The molecule has 2 aromatic rings. The van der Waals surface area contributed by atoms with Gasteiger partial charge in [0.1, 0.15) is 0 Å². The zero-order valence-corrected chi connectivity index (χ0v) is 12.9. The van der Waals surface area contributed by atoms with E-state index in [1.165, 1.54) is 11.6 Å². The van der Waals surface area contributed by atoms with Crippen LogP contribution < -0.4 is 0 Å². The van der Waals surface area contributed by atoms with E-state index < -0.39 is 11.6 Å². The van der Waals surface area contributed by atoms with Crippen LogP contribution in [-0.4, -0.2) is 11.7 Å². The molecule has 0 aromatic heterocycles. The molecule has 1 nitrogen and oxygen atoms in total. The van der Waals surface area contributed by atoms with E-state index in [1.54, 1.807) is 6.07 Å². The van der Waals surface area contributed by atoms with Crippen LogP contribution in [0.1, 0.15) is 31.7 Å². The van der Waals surface area contributed by atoms with Crippen molar-refractivity contribution >= 4 is 0 Å². The van der Waals surface area contributed by atoms with Gasteiger partial charge in [0.25, 0.3) is 0 Å². The van der Waals surface area contributed by atoms with Gasteiger partial charge in [0.05, 0.1) is 0 Å². The SMILES string of the molecule is CCC(CO)CCCc1ccc(-c2ccc(F)c(F)c2)cc1. The van der Waals surface area contributed by atoms with Gasteiger partial charge in [0, 0.05) is 6.61 Å². The van der Waals surface area contributed by atoms with Crippen molar-refractivity contribution in [2.75, 3.05) is 6.61 Å². The number of benzene rings is 2. The molecule has 0 aliphatic rings. The van der Waals surface area contributed by atoms with Gasteiger partial charge in [-0.25, -0.2) is 8.78 Å². The lowest BCUT2D eigenvalue weighted by molar-refractivity contribution is 0.213. The Morgan fingerprint density at radius 2 is 1.64 bits per heavy atom. The summed E-state index contributed by atoms with van der Waals surface area (Å²) < 4.78 is 26.2. The topological polar surface area (TPSA) is 20.2 Å². The number of halogens is 2. The van der Waals surface area contributed by atoms with Crippen molar-refractivity contribution in [1.29, 1.82) is 0 Å². The zero-order valence-electron chi connectivity index (χ0n) is 12.9. The summed E-state index contributed by atoms with van der Waals surface area (Å²) in [7, 11) is 0. The van der Waals surface area contributed by atoms with Crippen molar-refractivity contribution in [1.82, 2.24) is 0 Å². The average Bonchev–Trinajstić information content (AvgIpc) is 2.55. The number of rotatable bonds is 7. The van der Waals surface area contributed by atoms with Crippen molar-refractivity contribution < 1.29 is 13.9 Å². The summed E-state index contributed by atoms with van der Waals surface area (Å²) in [5.41, 5.74) is 2.78. The average molecular weight is 304 g/mol. The highest BCUT2D eigenvalue weighted by molar-refractivity contribution is 5.63. The van der Waals surface area contributed by atoms with E-state index in [0.717, 1.165) is 37.3 Å². The van der Waals surface area contributed by atoms with Gasteiger partial charge in [-0.15, -0.1) is 0 Å². The lowest BCUT2D eigenvalue weighted by atomic mass is 9.97. The lowest BCUT2D eigenvalue weighted by Gasteiger charge is -2.11. The molecule has 22 heavy (non-hydrogen) atoms. The third kappa shape index (κ3) is 4.38. The van der Waals surface area contributed by atoms with Crippen LogP contribution in [0, 0.1) is 17.6 Å². The molecule has 3 heteroatoms. The normalized spacial score (nSPS) is 12.4. The van der Waals surface area contributed by atoms with Crippen LogP contribution in [0.3, 0.4) is 0 Å². The van der Waals surface area contributed by atoms with Gasteiger partial charge in [-0.1, -0.05) is 43.7 Å². The van der Waals surface area contributed by atoms with Crippen LogP contribution in [0.2, 0.25) is 0 Å². The molecule has 0 saturated heterocycles. The first-order valence-electron chi connectivity index (χ1n) is 7.79. The van der Waals surface area contributed by atoms with E-state index in [1.807, 2.05) is 24.3 Å². The maximum Gasteiger partial charge on any atom is 0.159 e. The van der Waals surface area contributed by atoms with Crippen molar-refractivity contribution in [3.05, 3.63) is 59.7 Å². The summed E-state index contributed by atoms with van der Waals surface area (Å²) in [6.07, 6.45) is 4.04. The summed E-state index contributed by atoms with van der Waals surface area (Å²) in [4.78, 5) is 0. The summed E-state index contributed by atoms with van der Waals surface area (Å²) in [5.74, 6) is -1.26. The van der Waals surface area contributed by atoms with Gasteiger partial charge in [-0.05, 0) is 54.0 Å². The summed E-state index contributed by atoms with van der Waals surface area (Å²) in [5, 5.41) is 9.17. The minimum atomic E-state index is -0.824. The molecule has 0 spiro atoms. The Labute approximate surface area is 130 Å². The molecule has 0 saturated carbocycles. The molecule has 2 rings (SSSR count). The summed E-state index contributed by atoms with van der Waals surface area (Å²) in [6, 6.07) is 11.9. The lowest BCUT2D eigenvalue weighted by Crippen LogP contribution is -2.04. The zero-order chi connectivity index (χ0) is 15.9. The van der Waals surface area contributed by atoms with Gasteiger partial charge < -0.3 is 5.11 Å². The van der Waals surface area contributed by atoms with Crippen molar-refractivity contribution in [3.63, 3.8) is 0 Å². The largest absolute Gasteiger partial charge is 0.396 e. The molecular weight excluding hydrogens is 282 g/mol. The second kappa shape index (κ2) is 8.04. The molecule has 1 atom stereocenters. The van der Waals surface area contributed by atoms with Crippen LogP contribution >= 0.6 is 0 Å². The van der Waals surface area contributed by atoms with Crippen molar-refractivity contribution in [3.8, 4) is 11.1 Å². The fourth-order valence-electron chi connectivity index (χ4n) is 2.56. The van der Waals surface area contributed by atoms with E-state index in [0.29, 0.717) is 11.5 Å². The molecule has 0 amide bonds. The van der Waals surface area contributed by atoms with Crippen molar-refractivity contribution in [2.45, 2.75) is 32.6 Å². The fourth-order valence-corrected chi connectivity index (χ4v) is 2.56. The minimum absolute atomic E-state index is 0.256. The molecule has 0 aliphatic carbocycles. The van der Waals surface area contributed by atoms with Gasteiger partial charge >= 0.3 is 0 Å². The first kappa shape index (κ1) is 16.6. The molecule has 118 valence electrons. The third-order valence-electron chi connectivity index (χ3n) is 4.12. The summed E-state index contributed by atoms with van der Waals surface area (Å²) >= 11 is 0. The highest BCUT2D eigenvalue weighted by Crippen LogP contribution is 2.22. The Kier molecular flexibility index (Phi) is 6.08. The predicted molar refractivity (Wildman–Crippen MR) is 85.6 cm³/mol. The van der Waals surface area contributed by atoms with Crippen LogP contribution in [0.25, 0.3) is 11.1 Å². The van der Waals surface area contributed by atoms with Crippen LogP contribution in [0.5, 0.6) is 0 Å². The van der Waals surface area contributed by atoms with Gasteiger partial charge in [0.2, 0.25) is 0 Å². The molecule has 1 N–H and O–H groups in total. The Morgan fingerprint density at radius 1 is 0.955 bits per heavy atom. The standard InChI is InChI=1S/C19H22F2O/c1-2-14(13-22)4-3-5-15-6-8-16(9-7-15)17-10-11-18(20)19(21)12-17/h6-12,14,22H,2-5,13H2,1H3. The van der Waals surface area contributed by atoms with Gasteiger partial charge in [0.15, 0.2) is 11.6 Å². The number of hydrogen-bond donors (Lipinski definition) is 1. The van der Waals surface area contributed by atoms with Crippen LogP contribution in [-0.2, 0) is 6.42 Å². The maximum absolute atomic E-state index is 13.3. The van der Waals surface area contributed by atoms with E-state index in [2.05, 4.69) is 6.92 Å². The Bertz CT molecular complexity index is 589. The molecule has 0 heterocycles. The molecule has 1 unspecified atom stereocenters. The Hall–Kier alpha value is -1.74. The smallest absolute Gasteiger partial charge is 0.159 e. The Balaban J connectivity index is 1.96. The predicted octanol–water partition coefficient (Wildman–Crippen LogP) is 4.97. The van der Waals surface area contributed by atoms with Crippen molar-refractivity contribution in [2.24, 2.45) is 5.92 Å². The monoisotopic (exact) mass is 304 g/mol. The van der Waals surface area contributed by atoms with Gasteiger partial charge in [-0.3, -0.25) is 0 Å². The first-order chi connectivity index (χ1) is 10.6. The Morgan fingerprint density at radius 3 is 2.23 bits per heavy atom. The van der Waals surface area contributed by atoms with E-state index in [4.69, 9.17) is 0 Å². The van der Waals surface area contributed by atoms with E-state index >= 15 is 0 Å². The molecular formula is C19H22F2O. The van der Waals surface area contributed by atoms with Crippen LogP contribution in [0.15, 0.2) is 42.5 Å². The highest BCUT2D eigenvalue weighted by Gasteiger charge is 2.06. The molecule has 0 radical (unpaired) electrons.